The largest absolute Gasteiger partial charge is 0.460 e. The highest BCUT2D eigenvalue weighted by molar-refractivity contribution is 7.99. The molecule has 1 aromatic heterocycles. The fourth-order valence-corrected chi connectivity index (χ4v) is 2.14. The first-order valence-corrected chi connectivity index (χ1v) is 6.87. The predicted molar refractivity (Wildman–Crippen MR) is 71.5 cm³/mol. The van der Waals surface area contributed by atoms with Crippen LogP contribution in [-0.4, -0.2) is 44.3 Å². The molecule has 0 aliphatic carbocycles. The van der Waals surface area contributed by atoms with Crippen molar-refractivity contribution >= 4 is 23.5 Å². The molecule has 0 saturated heterocycles. The molecule has 0 saturated carbocycles. The van der Waals surface area contributed by atoms with Gasteiger partial charge in [-0.15, -0.1) is 5.10 Å². The van der Waals surface area contributed by atoms with Crippen LogP contribution < -0.4 is 0 Å². The Morgan fingerprint density at radius 1 is 1.30 bits per heavy atom. The molecule has 104 valence electrons. The summed E-state index contributed by atoms with van der Waals surface area (Å²) in [6.45, 7) is 1.82. The molecule has 20 heavy (non-hydrogen) atoms. The number of ether oxygens (including phenoxy) is 1. The molecule has 2 rings (SSSR count). The van der Waals surface area contributed by atoms with Crippen LogP contribution in [0.15, 0.2) is 35.5 Å². The van der Waals surface area contributed by atoms with Crippen LogP contribution in [0.1, 0.15) is 6.92 Å². The summed E-state index contributed by atoms with van der Waals surface area (Å²) < 4.78 is 6.13. The Morgan fingerprint density at radius 3 is 2.75 bits per heavy atom. The van der Waals surface area contributed by atoms with Crippen LogP contribution in [0.25, 0.3) is 5.69 Å². The van der Waals surface area contributed by atoms with Crippen molar-refractivity contribution in [1.29, 1.82) is 0 Å². The molecule has 0 unspecified atom stereocenters. The number of rotatable bonds is 6. The van der Waals surface area contributed by atoms with E-state index in [1.165, 1.54) is 4.68 Å². The Morgan fingerprint density at radius 2 is 2.05 bits per heavy atom. The number of benzene rings is 1. The number of nitrogens with zero attached hydrogens (tertiary/aromatic N) is 4. The van der Waals surface area contributed by atoms with Crippen LogP contribution >= 0.6 is 11.8 Å². The molecule has 0 aliphatic rings. The van der Waals surface area contributed by atoms with Crippen molar-refractivity contribution < 1.29 is 14.3 Å². The monoisotopic (exact) mass is 292 g/mol. The number of ketones is 1. The van der Waals surface area contributed by atoms with Gasteiger partial charge in [-0.05, 0) is 29.5 Å². The van der Waals surface area contributed by atoms with Gasteiger partial charge in [-0.2, -0.15) is 4.68 Å². The Hall–Kier alpha value is -2.22. The van der Waals surface area contributed by atoms with E-state index in [-0.39, 0.29) is 12.4 Å². The zero-order valence-electron chi connectivity index (χ0n) is 10.7. The van der Waals surface area contributed by atoms with Crippen LogP contribution in [-0.2, 0) is 14.3 Å². The van der Waals surface area contributed by atoms with E-state index >= 15 is 0 Å². The molecule has 0 aliphatic heterocycles. The van der Waals surface area contributed by atoms with E-state index in [1.54, 1.807) is 6.92 Å². The van der Waals surface area contributed by atoms with Crippen LogP contribution in [0.3, 0.4) is 0 Å². The molecule has 1 aromatic carbocycles. The lowest BCUT2D eigenvalue weighted by Crippen LogP contribution is -2.19. The molecular formula is C12H12N4O3S. The van der Waals surface area contributed by atoms with Crippen molar-refractivity contribution in [3.05, 3.63) is 30.3 Å². The second-order valence-corrected chi connectivity index (χ2v) is 4.58. The maximum atomic E-state index is 11.5. The Balaban J connectivity index is 2.03. The third-order valence-electron chi connectivity index (χ3n) is 2.28. The number of hydrogen-bond donors (Lipinski definition) is 0. The average Bonchev–Trinajstić information content (AvgIpc) is 2.94. The maximum absolute atomic E-state index is 11.5. The minimum atomic E-state index is -0.835. The lowest BCUT2D eigenvalue weighted by Gasteiger charge is -2.03. The average molecular weight is 292 g/mol. The number of hydrogen-bond acceptors (Lipinski definition) is 7. The van der Waals surface area contributed by atoms with Crippen LogP contribution in [0.2, 0.25) is 0 Å². The quantitative estimate of drug-likeness (QED) is 0.444. The molecule has 7 nitrogen and oxygen atoms in total. The summed E-state index contributed by atoms with van der Waals surface area (Å²) in [7, 11) is 0. The molecule has 0 spiro atoms. The first-order chi connectivity index (χ1) is 9.72. The van der Waals surface area contributed by atoms with Crippen molar-refractivity contribution in [2.24, 2.45) is 0 Å². The second-order valence-electron chi connectivity index (χ2n) is 3.64. The van der Waals surface area contributed by atoms with Crippen LogP contribution in [0, 0.1) is 0 Å². The lowest BCUT2D eigenvalue weighted by molar-refractivity contribution is -0.152. The van der Waals surface area contributed by atoms with E-state index in [0.29, 0.717) is 5.16 Å². The molecule has 2 aromatic rings. The van der Waals surface area contributed by atoms with Crippen molar-refractivity contribution in [2.75, 3.05) is 12.4 Å². The zero-order valence-corrected chi connectivity index (χ0v) is 11.5. The lowest BCUT2D eigenvalue weighted by atomic mass is 10.3. The molecule has 0 amide bonds. The van der Waals surface area contributed by atoms with Crippen molar-refractivity contribution in [3.63, 3.8) is 0 Å². The van der Waals surface area contributed by atoms with Gasteiger partial charge < -0.3 is 4.74 Å². The molecule has 0 fully saturated rings. The van der Waals surface area contributed by atoms with Gasteiger partial charge in [0.25, 0.3) is 0 Å². The number of Topliss-reactive ketones (excluding diaryl/α,β-unsaturated/α-hetero) is 1. The van der Waals surface area contributed by atoms with Gasteiger partial charge in [-0.1, -0.05) is 30.0 Å². The van der Waals surface area contributed by atoms with Crippen molar-refractivity contribution in [3.8, 4) is 5.69 Å². The number of thioether (sulfide) groups is 1. The highest BCUT2D eigenvalue weighted by Crippen LogP contribution is 2.17. The molecule has 8 heteroatoms. The number of tetrazole rings is 1. The van der Waals surface area contributed by atoms with Gasteiger partial charge in [0.05, 0.1) is 18.0 Å². The maximum Gasteiger partial charge on any atom is 0.375 e. The van der Waals surface area contributed by atoms with Crippen LogP contribution in [0.5, 0.6) is 0 Å². The topological polar surface area (TPSA) is 87.0 Å². The summed E-state index contributed by atoms with van der Waals surface area (Å²) in [5.41, 5.74) is 0.781. The number of para-hydroxylation sites is 1. The van der Waals surface area contributed by atoms with E-state index in [0.717, 1.165) is 17.4 Å². The minimum absolute atomic E-state index is 0.0635. The number of esters is 1. The van der Waals surface area contributed by atoms with Crippen molar-refractivity contribution in [2.45, 2.75) is 12.1 Å². The smallest absolute Gasteiger partial charge is 0.375 e. The standard InChI is InChI=1S/C12H12N4O3S/c1-2-19-11(18)10(17)8-20-12-13-14-15-16(12)9-6-4-3-5-7-9/h3-7H,2,8H2,1H3. The van der Waals surface area contributed by atoms with Crippen LogP contribution in [0.4, 0.5) is 0 Å². The Kier molecular flexibility index (Phi) is 4.83. The first-order valence-electron chi connectivity index (χ1n) is 5.89. The third kappa shape index (κ3) is 3.41. The normalized spacial score (nSPS) is 10.2. The fourth-order valence-electron chi connectivity index (χ4n) is 1.40. The molecule has 0 N–H and O–H groups in total. The first kappa shape index (κ1) is 14.2. The summed E-state index contributed by atoms with van der Waals surface area (Å²) in [4.78, 5) is 22.7. The number of carbonyl (C=O) groups excluding carboxylic acids is 2. The fraction of sp³-hybridized carbons (Fsp3) is 0.250. The van der Waals surface area contributed by atoms with Gasteiger partial charge in [0, 0.05) is 0 Å². The summed E-state index contributed by atoms with van der Waals surface area (Å²) >= 11 is 1.09. The van der Waals surface area contributed by atoms with Gasteiger partial charge in [0.1, 0.15) is 0 Å². The molecule has 0 bridgehead atoms. The number of carbonyl (C=O) groups is 2. The van der Waals surface area contributed by atoms with Gasteiger partial charge in [-0.3, -0.25) is 4.79 Å². The zero-order chi connectivity index (χ0) is 14.4. The molecule has 0 radical (unpaired) electrons. The van der Waals surface area contributed by atoms with E-state index in [4.69, 9.17) is 0 Å². The van der Waals surface area contributed by atoms with Gasteiger partial charge in [0.2, 0.25) is 10.9 Å². The Bertz CT molecular complexity index is 600. The van der Waals surface area contributed by atoms with E-state index in [2.05, 4.69) is 20.3 Å². The van der Waals surface area contributed by atoms with E-state index in [9.17, 15) is 9.59 Å². The molecule has 0 atom stereocenters. The summed E-state index contributed by atoms with van der Waals surface area (Å²) in [5.74, 6) is -1.51. The second kappa shape index (κ2) is 6.80. The summed E-state index contributed by atoms with van der Waals surface area (Å²) in [6.07, 6.45) is 0. The van der Waals surface area contributed by atoms with Gasteiger partial charge in [-0.25, -0.2) is 4.79 Å². The van der Waals surface area contributed by atoms with Crippen molar-refractivity contribution in [1.82, 2.24) is 20.2 Å². The van der Waals surface area contributed by atoms with E-state index < -0.39 is 11.8 Å². The highest BCUT2D eigenvalue weighted by atomic mass is 32.2. The Labute approximate surface area is 119 Å². The summed E-state index contributed by atoms with van der Waals surface area (Å²) in [5, 5.41) is 11.7. The summed E-state index contributed by atoms with van der Waals surface area (Å²) in [6, 6.07) is 9.27. The van der Waals surface area contributed by atoms with Gasteiger partial charge >= 0.3 is 5.97 Å². The number of aromatic nitrogens is 4. The minimum Gasteiger partial charge on any atom is -0.460 e. The SMILES string of the molecule is CCOC(=O)C(=O)CSc1nnnn1-c1ccccc1. The highest BCUT2D eigenvalue weighted by Gasteiger charge is 2.17. The molecule has 1 heterocycles. The predicted octanol–water partition coefficient (Wildman–Crippen LogP) is 0.887. The molecular weight excluding hydrogens is 280 g/mol. The van der Waals surface area contributed by atoms with E-state index in [1.807, 2.05) is 30.3 Å². The third-order valence-corrected chi connectivity index (χ3v) is 3.20. The van der Waals surface area contributed by atoms with Gasteiger partial charge in [0.15, 0.2) is 0 Å².